The van der Waals surface area contributed by atoms with Gasteiger partial charge in [0.25, 0.3) is 0 Å². The summed E-state index contributed by atoms with van der Waals surface area (Å²) in [6, 6.07) is 6.06. The minimum Gasteiger partial charge on any atom is -0.462 e. The van der Waals surface area contributed by atoms with E-state index in [9.17, 15) is 9.59 Å². The van der Waals surface area contributed by atoms with Gasteiger partial charge in [0, 0.05) is 5.69 Å². The second-order valence-corrected chi connectivity index (χ2v) is 5.44. The number of carbonyl (C=O) groups is 2. The fourth-order valence-electron chi connectivity index (χ4n) is 1.82. The van der Waals surface area contributed by atoms with E-state index in [0.717, 1.165) is 6.42 Å². The minimum atomic E-state index is -0.529. The van der Waals surface area contributed by atoms with Crippen molar-refractivity contribution >= 4 is 17.6 Å². The molecule has 0 aromatic heterocycles. The van der Waals surface area contributed by atoms with Crippen LogP contribution in [0.25, 0.3) is 0 Å². The number of esters is 1. The molecule has 0 aliphatic rings. The number of amides is 1. The lowest BCUT2D eigenvalue weighted by atomic mass is 10.0. The fraction of sp³-hybridized carbons (Fsp3) is 0.500. The summed E-state index contributed by atoms with van der Waals surface area (Å²) < 4.78 is 5.03. The Kier molecular flexibility index (Phi) is 6.88. The van der Waals surface area contributed by atoms with Gasteiger partial charge in [-0.25, -0.2) is 4.79 Å². The Morgan fingerprint density at radius 2 is 1.86 bits per heavy atom. The van der Waals surface area contributed by atoms with Gasteiger partial charge in [-0.1, -0.05) is 20.8 Å². The van der Waals surface area contributed by atoms with Crippen LogP contribution in [0, 0.1) is 5.92 Å². The van der Waals surface area contributed by atoms with E-state index < -0.39 is 6.04 Å². The highest BCUT2D eigenvalue weighted by Gasteiger charge is 2.15. The third kappa shape index (κ3) is 5.95. The summed E-state index contributed by atoms with van der Waals surface area (Å²) in [6.45, 7) is 6.38. The van der Waals surface area contributed by atoms with Crippen LogP contribution in [0.2, 0.25) is 0 Å². The van der Waals surface area contributed by atoms with E-state index in [4.69, 9.17) is 10.5 Å². The van der Waals surface area contributed by atoms with Gasteiger partial charge in [0.15, 0.2) is 0 Å². The van der Waals surface area contributed by atoms with Crippen LogP contribution in [0.4, 0.5) is 5.69 Å². The van der Waals surface area contributed by atoms with Crippen molar-refractivity contribution in [3.05, 3.63) is 29.8 Å². The van der Waals surface area contributed by atoms with Gasteiger partial charge in [-0.3, -0.25) is 4.79 Å². The smallest absolute Gasteiger partial charge is 0.338 e. The van der Waals surface area contributed by atoms with Gasteiger partial charge in [-0.05, 0) is 43.0 Å². The van der Waals surface area contributed by atoms with Gasteiger partial charge in [0.05, 0.1) is 18.2 Å². The molecule has 0 fully saturated rings. The summed E-state index contributed by atoms with van der Waals surface area (Å²) >= 11 is 0. The van der Waals surface area contributed by atoms with Crippen molar-refractivity contribution in [2.45, 2.75) is 39.7 Å². The number of nitrogens with two attached hydrogens (primary N) is 1. The van der Waals surface area contributed by atoms with Crippen molar-refractivity contribution in [2.24, 2.45) is 11.7 Å². The van der Waals surface area contributed by atoms with Crippen molar-refractivity contribution < 1.29 is 14.3 Å². The molecule has 0 radical (unpaired) electrons. The molecule has 1 aromatic carbocycles. The van der Waals surface area contributed by atoms with Gasteiger partial charge < -0.3 is 15.8 Å². The number of anilines is 1. The van der Waals surface area contributed by atoms with E-state index in [-0.39, 0.29) is 11.9 Å². The molecule has 1 amide bonds. The van der Waals surface area contributed by atoms with Crippen molar-refractivity contribution in [1.29, 1.82) is 0 Å². The summed E-state index contributed by atoms with van der Waals surface area (Å²) in [6.07, 6.45) is 1.42. The van der Waals surface area contributed by atoms with Crippen molar-refractivity contribution in [3.8, 4) is 0 Å². The SMILES string of the molecule is CCCOC(=O)c1ccc(NC(=O)[C@@H](N)CC(C)C)cc1. The van der Waals surface area contributed by atoms with Gasteiger partial charge in [0.1, 0.15) is 0 Å². The normalized spacial score (nSPS) is 12.0. The first-order valence-electron chi connectivity index (χ1n) is 7.27. The van der Waals surface area contributed by atoms with Gasteiger partial charge in [-0.2, -0.15) is 0 Å². The van der Waals surface area contributed by atoms with Crippen LogP contribution >= 0.6 is 0 Å². The molecule has 1 rings (SSSR count). The quantitative estimate of drug-likeness (QED) is 0.757. The van der Waals surface area contributed by atoms with E-state index >= 15 is 0 Å². The third-order valence-corrected chi connectivity index (χ3v) is 2.89. The Labute approximate surface area is 125 Å². The lowest BCUT2D eigenvalue weighted by molar-refractivity contribution is -0.117. The maximum atomic E-state index is 11.9. The molecule has 0 bridgehead atoms. The molecule has 0 saturated heterocycles. The van der Waals surface area contributed by atoms with Gasteiger partial charge >= 0.3 is 5.97 Å². The van der Waals surface area contributed by atoms with Crippen LogP contribution < -0.4 is 11.1 Å². The first-order valence-corrected chi connectivity index (χ1v) is 7.27. The van der Waals surface area contributed by atoms with Crippen LogP contribution in [0.3, 0.4) is 0 Å². The second-order valence-electron chi connectivity index (χ2n) is 5.44. The Bertz CT molecular complexity index is 469. The molecule has 1 atom stereocenters. The highest BCUT2D eigenvalue weighted by molar-refractivity contribution is 5.95. The number of rotatable bonds is 7. The van der Waals surface area contributed by atoms with Crippen LogP contribution in [0.15, 0.2) is 24.3 Å². The Balaban J connectivity index is 2.58. The first-order chi connectivity index (χ1) is 9.93. The van der Waals surface area contributed by atoms with Crippen molar-refractivity contribution in [3.63, 3.8) is 0 Å². The van der Waals surface area contributed by atoms with E-state index in [1.165, 1.54) is 0 Å². The summed E-state index contributed by atoms with van der Waals surface area (Å²) in [7, 11) is 0. The number of ether oxygens (including phenoxy) is 1. The van der Waals surface area contributed by atoms with Crippen LogP contribution in [-0.2, 0) is 9.53 Å². The molecule has 3 N–H and O–H groups in total. The lowest BCUT2D eigenvalue weighted by Crippen LogP contribution is -2.36. The molecule has 1 aromatic rings. The van der Waals surface area contributed by atoms with E-state index in [2.05, 4.69) is 5.32 Å². The molecule has 0 saturated carbocycles. The zero-order chi connectivity index (χ0) is 15.8. The predicted octanol–water partition coefficient (Wildman–Crippen LogP) is 2.57. The van der Waals surface area contributed by atoms with Crippen LogP contribution in [0.1, 0.15) is 44.0 Å². The standard InChI is InChI=1S/C16H24N2O3/c1-4-9-21-16(20)12-5-7-13(8-6-12)18-15(19)14(17)10-11(2)3/h5-8,11,14H,4,9-10,17H2,1-3H3,(H,18,19)/t14-/m0/s1. The fourth-order valence-corrected chi connectivity index (χ4v) is 1.82. The zero-order valence-electron chi connectivity index (χ0n) is 12.9. The van der Waals surface area contributed by atoms with E-state index in [1.54, 1.807) is 24.3 Å². The summed E-state index contributed by atoms with van der Waals surface area (Å²) in [5, 5.41) is 2.74. The molecule has 21 heavy (non-hydrogen) atoms. The molecule has 0 aliphatic heterocycles. The zero-order valence-corrected chi connectivity index (χ0v) is 12.9. The molecular formula is C16H24N2O3. The summed E-state index contributed by atoms with van der Waals surface area (Å²) in [4.78, 5) is 23.5. The molecule has 0 spiro atoms. The van der Waals surface area contributed by atoms with E-state index in [0.29, 0.717) is 30.2 Å². The van der Waals surface area contributed by atoms with Crippen LogP contribution in [-0.4, -0.2) is 24.5 Å². The highest BCUT2D eigenvalue weighted by atomic mass is 16.5. The monoisotopic (exact) mass is 292 g/mol. The Morgan fingerprint density at radius 1 is 1.24 bits per heavy atom. The average Bonchev–Trinajstić information content (AvgIpc) is 2.44. The molecular weight excluding hydrogens is 268 g/mol. The number of hydrogen-bond donors (Lipinski definition) is 2. The van der Waals surface area contributed by atoms with Crippen molar-refractivity contribution in [2.75, 3.05) is 11.9 Å². The number of hydrogen-bond acceptors (Lipinski definition) is 4. The molecule has 0 heterocycles. The molecule has 0 unspecified atom stereocenters. The predicted molar refractivity (Wildman–Crippen MR) is 83.1 cm³/mol. The highest BCUT2D eigenvalue weighted by Crippen LogP contribution is 2.12. The molecule has 0 aliphatic carbocycles. The van der Waals surface area contributed by atoms with E-state index in [1.807, 2.05) is 20.8 Å². The van der Waals surface area contributed by atoms with Crippen LogP contribution in [0.5, 0.6) is 0 Å². The van der Waals surface area contributed by atoms with Gasteiger partial charge in [0.2, 0.25) is 5.91 Å². The topological polar surface area (TPSA) is 81.4 Å². The molecule has 5 nitrogen and oxygen atoms in total. The molecule has 5 heteroatoms. The third-order valence-electron chi connectivity index (χ3n) is 2.89. The molecule has 116 valence electrons. The minimum absolute atomic E-state index is 0.218. The number of benzene rings is 1. The second kappa shape index (κ2) is 8.42. The Morgan fingerprint density at radius 3 is 2.38 bits per heavy atom. The maximum absolute atomic E-state index is 11.9. The largest absolute Gasteiger partial charge is 0.462 e. The maximum Gasteiger partial charge on any atom is 0.338 e. The lowest BCUT2D eigenvalue weighted by Gasteiger charge is -2.14. The summed E-state index contributed by atoms with van der Waals surface area (Å²) in [5.41, 5.74) is 6.90. The summed E-state index contributed by atoms with van der Waals surface area (Å²) in [5.74, 6) is -0.210. The first kappa shape index (κ1) is 17.2. The van der Waals surface area contributed by atoms with Gasteiger partial charge in [-0.15, -0.1) is 0 Å². The average molecular weight is 292 g/mol. The number of carbonyl (C=O) groups excluding carboxylic acids is 2. The Hall–Kier alpha value is -1.88. The number of nitrogens with one attached hydrogen (secondary N) is 1. The van der Waals surface area contributed by atoms with Crippen molar-refractivity contribution in [1.82, 2.24) is 0 Å².